The SMILES string of the molecule is Cc1cc(C(=O)O)ccc1-c1cc(C2(C)C=NC(N3CCC3)=NC2CN2C(=O)O[C@H](c3cccc(C(F)(F)F)c3)C[C@@H]2C)ccc1F. The molecule has 2 unspecified atom stereocenters. The Morgan fingerprint density at radius 2 is 1.85 bits per heavy atom. The highest BCUT2D eigenvalue weighted by Gasteiger charge is 2.44. The first-order chi connectivity index (χ1) is 22.2. The molecular weight excluding hydrogens is 616 g/mol. The third-order valence-corrected chi connectivity index (χ3v) is 9.42. The smallest absolute Gasteiger partial charge is 0.416 e. The van der Waals surface area contributed by atoms with E-state index in [-0.39, 0.29) is 35.7 Å². The maximum absolute atomic E-state index is 15.3. The largest absolute Gasteiger partial charge is 0.478 e. The molecule has 2 fully saturated rings. The van der Waals surface area contributed by atoms with Crippen LogP contribution in [-0.4, -0.2) is 70.9 Å². The van der Waals surface area contributed by atoms with E-state index in [4.69, 9.17) is 9.73 Å². The van der Waals surface area contributed by atoms with Crippen molar-refractivity contribution >= 4 is 24.2 Å². The number of alkyl halides is 3. The van der Waals surface area contributed by atoms with Gasteiger partial charge in [0, 0.05) is 43.9 Å². The number of aliphatic imine (C=N–C) groups is 2. The highest BCUT2D eigenvalue weighted by molar-refractivity contribution is 5.95. The molecule has 8 nitrogen and oxygen atoms in total. The summed E-state index contributed by atoms with van der Waals surface area (Å²) >= 11 is 0. The molecule has 0 bridgehead atoms. The minimum atomic E-state index is -4.52. The van der Waals surface area contributed by atoms with Gasteiger partial charge < -0.3 is 19.6 Å². The number of guanidine groups is 1. The Balaban J connectivity index is 1.31. The normalized spacial score (nSPS) is 24.4. The second kappa shape index (κ2) is 12.1. The number of hydrogen-bond donors (Lipinski definition) is 1. The third kappa shape index (κ3) is 6.20. The van der Waals surface area contributed by atoms with Crippen LogP contribution < -0.4 is 0 Å². The summed E-state index contributed by atoms with van der Waals surface area (Å²) in [6.07, 6.45) is -2.96. The van der Waals surface area contributed by atoms with Crippen LogP contribution in [0.4, 0.5) is 22.4 Å². The van der Waals surface area contributed by atoms with Gasteiger partial charge in [0.25, 0.3) is 0 Å². The van der Waals surface area contributed by atoms with E-state index in [9.17, 15) is 27.9 Å². The molecule has 2 saturated heterocycles. The molecule has 0 aliphatic carbocycles. The van der Waals surface area contributed by atoms with Gasteiger partial charge >= 0.3 is 18.2 Å². The summed E-state index contributed by atoms with van der Waals surface area (Å²) in [5.74, 6) is -1.02. The quantitative estimate of drug-likeness (QED) is 0.284. The molecule has 0 spiro atoms. The molecule has 1 N–H and O–H groups in total. The second-order valence-corrected chi connectivity index (χ2v) is 12.6. The van der Waals surface area contributed by atoms with Gasteiger partial charge in [-0.15, -0.1) is 0 Å². The Kier molecular flexibility index (Phi) is 8.31. The van der Waals surface area contributed by atoms with E-state index < -0.39 is 47.2 Å². The number of carboxylic acid groups (broad SMARTS) is 1. The van der Waals surface area contributed by atoms with Crippen LogP contribution in [0.15, 0.2) is 70.6 Å². The lowest BCUT2D eigenvalue weighted by Crippen LogP contribution is -2.54. The Morgan fingerprint density at radius 3 is 2.49 bits per heavy atom. The Hall–Kier alpha value is -4.74. The van der Waals surface area contributed by atoms with Gasteiger partial charge in [-0.25, -0.2) is 24.0 Å². The molecular formula is C35H34F4N4O4. The lowest BCUT2D eigenvalue weighted by atomic mass is 9.75. The average Bonchev–Trinajstić information content (AvgIpc) is 2.99. The number of carbonyl (C=O) groups excluding carboxylic acids is 1. The van der Waals surface area contributed by atoms with Gasteiger partial charge in [-0.1, -0.05) is 24.3 Å². The van der Waals surface area contributed by atoms with E-state index in [1.54, 1.807) is 36.2 Å². The lowest BCUT2D eigenvalue weighted by molar-refractivity contribution is -0.137. The first-order valence-electron chi connectivity index (χ1n) is 15.4. The molecule has 0 radical (unpaired) electrons. The zero-order chi connectivity index (χ0) is 33.7. The molecule has 3 heterocycles. The maximum atomic E-state index is 15.3. The minimum absolute atomic E-state index is 0.0972. The summed E-state index contributed by atoms with van der Waals surface area (Å²) in [5.41, 5.74) is 0.784. The maximum Gasteiger partial charge on any atom is 0.416 e. The number of benzene rings is 3. The number of halogens is 4. The monoisotopic (exact) mass is 650 g/mol. The molecule has 0 aromatic heterocycles. The molecule has 12 heteroatoms. The summed E-state index contributed by atoms with van der Waals surface area (Å²) in [6, 6.07) is 13.1. The van der Waals surface area contributed by atoms with Crippen LogP contribution in [0, 0.1) is 12.7 Å². The van der Waals surface area contributed by atoms with Crippen LogP contribution in [-0.2, 0) is 16.3 Å². The summed E-state index contributed by atoms with van der Waals surface area (Å²) in [7, 11) is 0. The standard InChI is InChI=1S/C35H34F4N4O4/c1-20-14-23(31(44)45)8-10-26(20)27-17-24(9-11-28(27)36)34(3)19-40-32(42-12-5-13-42)41-30(34)18-43-21(2)15-29(47-33(43)46)22-6-4-7-25(16-22)35(37,38)39/h4,6-11,14,16-17,19,21,29-30H,5,12-13,15,18H2,1-3H3,(H,44,45)/t21-,29-,30?,34?/m0/s1. The molecule has 3 aromatic carbocycles. The second-order valence-electron chi connectivity index (χ2n) is 12.6. The minimum Gasteiger partial charge on any atom is -0.478 e. The number of ether oxygens (including phenoxy) is 1. The number of carboxylic acids is 1. The van der Waals surface area contributed by atoms with Gasteiger partial charge in [0.2, 0.25) is 5.96 Å². The van der Waals surface area contributed by atoms with E-state index in [2.05, 4.69) is 4.99 Å². The summed E-state index contributed by atoms with van der Waals surface area (Å²) in [4.78, 5) is 38.2. The molecule has 4 atom stereocenters. The van der Waals surface area contributed by atoms with E-state index >= 15 is 4.39 Å². The van der Waals surface area contributed by atoms with E-state index in [1.807, 2.05) is 18.7 Å². The predicted molar refractivity (Wildman–Crippen MR) is 168 cm³/mol. The molecule has 6 rings (SSSR count). The van der Waals surface area contributed by atoms with Crippen molar-refractivity contribution in [1.82, 2.24) is 9.80 Å². The Morgan fingerprint density at radius 1 is 1.09 bits per heavy atom. The van der Waals surface area contributed by atoms with Crippen LogP contribution in [0.5, 0.6) is 0 Å². The summed E-state index contributed by atoms with van der Waals surface area (Å²) in [6.45, 7) is 7.18. The highest BCUT2D eigenvalue weighted by atomic mass is 19.4. The number of nitrogens with zero attached hydrogens (tertiary/aromatic N) is 4. The van der Waals surface area contributed by atoms with Gasteiger partial charge in [0.05, 0.1) is 22.6 Å². The number of likely N-dealkylation sites (tertiary alicyclic amines) is 1. The lowest BCUT2D eigenvalue weighted by Gasteiger charge is -2.44. The molecule has 47 heavy (non-hydrogen) atoms. The van der Waals surface area contributed by atoms with Crippen LogP contribution in [0.25, 0.3) is 11.1 Å². The number of rotatable bonds is 6. The van der Waals surface area contributed by atoms with Crippen molar-refractivity contribution in [2.45, 2.75) is 63.4 Å². The molecule has 3 aromatic rings. The summed E-state index contributed by atoms with van der Waals surface area (Å²) < 4.78 is 61.1. The molecule has 3 aliphatic rings. The van der Waals surface area contributed by atoms with Crippen LogP contribution >= 0.6 is 0 Å². The molecule has 0 saturated carbocycles. The highest BCUT2D eigenvalue weighted by Crippen LogP contribution is 2.39. The van der Waals surface area contributed by atoms with Gasteiger partial charge in [0.15, 0.2) is 0 Å². The topological polar surface area (TPSA) is 94.8 Å². The van der Waals surface area contributed by atoms with Crippen molar-refractivity contribution in [3.63, 3.8) is 0 Å². The van der Waals surface area contributed by atoms with Gasteiger partial charge in [-0.05, 0) is 85.8 Å². The number of aromatic carboxylic acids is 1. The first kappa shape index (κ1) is 32.2. The fraction of sp³-hybridized carbons (Fsp3) is 0.371. The zero-order valence-electron chi connectivity index (χ0n) is 26.1. The van der Waals surface area contributed by atoms with Crippen LogP contribution in [0.2, 0.25) is 0 Å². The van der Waals surface area contributed by atoms with Crippen LogP contribution in [0.3, 0.4) is 0 Å². The third-order valence-electron chi connectivity index (χ3n) is 9.42. The average molecular weight is 651 g/mol. The fourth-order valence-electron chi connectivity index (χ4n) is 6.34. The Bertz CT molecular complexity index is 1790. The summed E-state index contributed by atoms with van der Waals surface area (Å²) in [5, 5.41) is 9.39. The van der Waals surface area contributed by atoms with Crippen molar-refractivity contribution in [1.29, 1.82) is 0 Å². The van der Waals surface area contributed by atoms with Gasteiger partial charge in [0.1, 0.15) is 11.9 Å². The Labute approximate surface area is 269 Å². The van der Waals surface area contributed by atoms with Crippen molar-refractivity contribution in [2.24, 2.45) is 9.98 Å². The number of cyclic esters (lactones) is 1. The van der Waals surface area contributed by atoms with E-state index in [0.29, 0.717) is 22.6 Å². The molecule has 3 aliphatic heterocycles. The fourth-order valence-corrected chi connectivity index (χ4v) is 6.34. The number of amides is 1. The van der Waals surface area contributed by atoms with Crippen molar-refractivity contribution < 1.29 is 37.0 Å². The van der Waals surface area contributed by atoms with Gasteiger partial charge in [-0.2, -0.15) is 13.2 Å². The number of aryl methyl sites for hydroxylation is 1. The molecule has 1 amide bonds. The van der Waals surface area contributed by atoms with Crippen molar-refractivity contribution in [2.75, 3.05) is 19.6 Å². The zero-order valence-corrected chi connectivity index (χ0v) is 26.1. The van der Waals surface area contributed by atoms with E-state index in [0.717, 1.165) is 31.6 Å². The van der Waals surface area contributed by atoms with Crippen molar-refractivity contribution in [3.8, 4) is 11.1 Å². The molecule has 246 valence electrons. The number of carbonyl (C=O) groups is 2. The predicted octanol–water partition coefficient (Wildman–Crippen LogP) is 7.26. The number of hydrogen-bond acceptors (Lipinski definition) is 6. The van der Waals surface area contributed by atoms with E-state index in [1.165, 1.54) is 30.3 Å². The first-order valence-corrected chi connectivity index (χ1v) is 15.4. The van der Waals surface area contributed by atoms with Gasteiger partial charge in [-0.3, -0.25) is 0 Å². The van der Waals surface area contributed by atoms with Crippen molar-refractivity contribution in [3.05, 3.63) is 94.3 Å². The van der Waals surface area contributed by atoms with Crippen LogP contribution in [0.1, 0.15) is 65.4 Å².